The minimum Gasteiger partial charge on any atom is -0.361 e. The van der Waals surface area contributed by atoms with Crippen LogP contribution in [0.5, 0.6) is 0 Å². The number of halogens is 3. The molecular formula is C37H33F3N4O6S3. The fourth-order valence-corrected chi connectivity index (χ4v) is 9.52. The number of rotatable bonds is 6. The van der Waals surface area contributed by atoms with Crippen molar-refractivity contribution in [2.24, 2.45) is 0 Å². The average Bonchev–Trinajstić information content (AvgIpc) is 3.63. The molecule has 0 bridgehead atoms. The Morgan fingerprint density at radius 1 is 0.717 bits per heavy atom. The highest BCUT2D eigenvalue weighted by Crippen LogP contribution is 2.47. The summed E-state index contributed by atoms with van der Waals surface area (Å²) in [5, 5.41) is 15.9. The van der Waals surface area contributed by atoms with Crippen LogP contribution < -0.4 is 0 Å². The van der Waals surface area contributed by atoms with Crippen LogP contribution >= 0.6 is 0 Å². The van der Waals surface area contributed by atoms with E-state index in [4.69, 9.17) is 0 Å². The Labute approximate surface area is 304 Å². The van der Waals surface area contributed by atoms with Crippen LogP contribution in [0.3, 0.4) is 0 Å². The van der Waals surface area contributed by atoms with E-state index < -0.39 is 41.4 Å². The third kappa shape index (κ3) is 7.33. The first kappa shape index (κ1) is 37.8. The summed E-state index contributed by atoms with van der Waals surface area (Å²) < 4.78 is 112. The third-order valence-corrected chi connectivity index (χ3v) is 12.8. The molecule has 0 amide bonds. The first-order valence-corrected chi connectivity index (χ1v) is 21.7. The molecule has 6 aromatic rings. The molecule has 0 atom stereocenters. The van der Waals surface area contributed by atoms with Gasteiger partial charge in [-0.1, -0.05) is 24.3 Å². The average molecular weight is 783 g/mol. The lowest BCUT2D eigenvalue weighted by Gasteiger charge is -2.14. The normalized spacial score (nSPS) is 13.9. The SMILES string of the molecule is Cc1cc(-c2c(C#N)ccc3[nH]cc(C4CC4)c23)ccc1S(C)(=O)=O.Cc1cc(-c2c(S(C)(=O)=O)ccc3[nH]nc(C(F)(F)F)c23)ccc1S(C)(=O)=O. The highest BCUT2D eigenvalue weighted by molar-refractivity contribution is 7.91. The second-order valence-electron chi connectivity index (χ2n) is 13.2. The fourth-order valence-electron chi connectivity index (χ4n) is 6.70. The molecule has 2 heterocycles. The molecule has 10 nitrogen and oxygen atoms in total. The molecule has 16 heteroatoms. The van der Waals surface area contributed by atoms with Gasteiger partial charge in [-0.3, -0.25) is 5.10 Å². The molecule has 7 rings (SSSR count). The Kier molecular flexibility index (Phi) is 9.37. The van der Waals surface area contributed by atoms with Crippen LogP contribution in [0.1, 0.15) is 46.7 Å². The molecule has 1 aliphatic carbocycles. The predicted molar refractivity (Wildman–Crippen MR) is 196 cm³/mol. The van der Waals surface area contributed by atoms with Crippen LogP contribution in [0.4, 0.5) is 13.2 Å². The topological polar surface area (TPSA) is 171 Å². The van der Waals surface area contributed by atoms with Crippen LogP contribution in [0.2, 0.25) is 0 Å². The van der Waals surface area contributed by atoms with Gasteiger partial charge in [-0.2, -0.15) is 23.5 Å². The summed E-state index contributed by atoms with van der Waals surface area (Å²) in [5.74, 6) is 0.554. The number of nitrogens with zero attached hydrogens (tertiary/aromatic N) is 2. The van der Waals surface area contributed by atoms with Gasteiger partial charge in [0.05, 0.1) is 31.8 Å². The van der Waals surface area contributed by atoms with Crippen molar-refractivity contribution >= 4 is 51.3 Å². The number of nitrogens with one attached hydrogen (secondary N) is 2. The van der Waals surface area contributed by atoms with Crippen molar-refractivity contribution in [3.05, 3.63) is 94.8 Å². The number of alkyl halides is 3. The molecule has 1 fully saturated rings. The number of nitriles is 1. The van der Waals surface area contributed by atoms with Crippen molar-refractivity contribution in [2.45, 2.75) is 53.5 Å². The maximum Gasteiger partial charge on any atom is 0.435 e. The Balaban J connectivity index is 0.000000182. The van der Waals surface area contributed by atoms with E-state index in [9.17, 15) is 43.7 Å². The van der Waals surface area contributed by atoms with E-state index in [1.54, 1.807) is 13.0 Å². The van der Waals surface area contributed by atoms with E-state index in [0.717, 1.165) is 34.5 Å². The lowest BCUT2D eigenvalue weighted by atomic mass is 9.92. The zero-order valence-corrected chi connectivity index (χ0v) is 31.5. The number of benzene rings is 4. The van der Waals surface area contributed by atoms with E-state index in [0.29, 0.717) is 21.9 Å². The van der Waals surface area contributed by atoms with Crippen molar-refractivity contribution < 1.29 is 38.4 Å². The number of hydrogen-bond donors (Lipinski definition) is 2. The number of aromatic nitrogens is 3. The van der Waals surface area contributed by atoms with Gasteiger partial charge in [0.25, 0.3) is 0 Å². The molecule has 2 N–H and O–H groups in total. The van der Waals surface area contributed by atoms with Crippen LogP contribution in [0.25, 0.3) is 44.1 Å². The lowest BCUT2D eigenvalue weighted by Crippen LogP contribution is -2.08. The van der Waals surface area contributed by atoms with E-state index >= 15 is 0 Å². The van der Waals surface area contributed by atoms with E-state index in [1.165, 1.54) is 61.9 Å². The second kappa shape index (κ2) is 13.2. The molecule has 1 saturated carbocycles. The number of fused-ring (bicyclic) bond motifs is 2. The molecule has 0 spiro atoms. The number of hydrogen-bond acceptors (Lipinski definition) is 8. The van der Waals surface area contributed by atoms with Crippen molar-refractivity contribution in [3.63, 3.8) is 0 Å². The molecule has 0 saturated heterocycles. The van der Waals surface area contributed by atoms with Crippen molar-refractivity contribution in [1.29, 1.82) is 5.26 Å². The van der Waals surface area contributed by atoms with Crippen LogP contribution in [0.15, 0.2) is 81.5 Å². The van der Waals surface area contributed by atoms with Gasteiger partial charge >= 0.3 is 6.18 Å². The van der Waals surface area contributed by atoms with Crippen LogP contribution in [0, 0.1) is 25.2 Å². The van der Waals surface area contributed by atoms with E-state index in [-0.39, 0.29) is 37.4 Å². The molecule has 0 radical (unpaired) electrons. The van der Waals surface area contributed by atoms with Gasteiger partial charge < -0.3 is 4.98 Å². The van der Waals surface area contributed by atoms with Gasteiger partial charge in [-0.05, 0) is 96.8 Å². The Morgan fingerprint density at radius 2 is 1.23 bits per heavy atom. The monoisotopic (exact) mass is 782 g/mol. The van der Waals surface area contributed by atoms with Crippen LogP contribution in [-0.2, 0) is 35.7 Å². The second-order valence-corrected chi connectivity index (χ2v) is 19.2. The van der Waals surface area contributed by atoms with Crippen molar-refractivity contribution in [2.75, 3.05) is 18.8 Å². The number of aromatic amines is 2. The van der Waals surface area contributed by atoms with Gasteiger partial charge in [-0.25, -0.2) is 25.3 Å². The first-order chi connectivity index (χ1) is 24.6. The third-order valence-electron chi connectivity index (χ3n) is 9.10. The summed E-state index contributed by atoms with van der Waals surface area (Å²) in [6.07, 6.45) is 2.70. The summed E-state index contributed by atoms with van der Waals surface area (Å²) in [7, 11) is -10.7. The van der Waals surface area contributed by atoms with Gasteiger partial charge in [0.15, 0.2) is 35.2 Å². The standard InChI is InChI=1S/C20H18N2O2S.C17H15F3N2O4S2/c1-12-9-14(6-8-18(12)25(2,23)24)19-15(10-21)5-7-17-20(19)16(11-22-17)13-3-4-13;1-9-8-10(4-6-12(9)27(2,23)24)14-13(28(3,25)26)7-5-11-15(14)16(22-21-11)17(18,19)20/h5-9,11,13,22H,3-4H2,1-2H3;4-8H,1-3H3,(H,21,22). The molecule has 276 valence electrons. The zero-order chi connectivity index (χ0) is 38.8. The van der Waals surface area contributed by atoms with Gasteiger partial charge in [0, 0.05) is 52.4 Å². The Hall–Kier alpha value is -4.98. The highest BCUT2D eigenvalue weighted by Gasteiger charge is 2.38. The summed E-state index contributed by atoms with van der Waals surface area (Å²) in [6, 6.07) is 17.7. The smallest absolute Gasteiger partial charge is 0.361 e. The number of sulfone groups is 3. The van der Waals surface area contributed by atoms with E-state index in [1.807, 2.05) is 30.5 Å². The van der Waals surface area contributed by atoms with Crippen molar-refractivity contribution in [3.8, 4) is 28.3 Å². The summed E-state index contributed by atoms with van der Waals surface area (Å²) >= 11 is 0. The van der Waals surface area contributed by atoms with Crippen LogP contribution in [-0.4, -0.2) is 59.2 Å². The summed E-state index contributed by atoms with van der Waals surface area (Å²) in [6.45, 7) is 3.28. The van der Waals surface area contributed by atoms with E-state index in [2.05, 4.69) is 21.3 Å². The predicted octanol–water partition coefficient (Wildman–Crippen LogP) is 7.66. The first-order valence-electron chi connectivity index (χ1n) is 16.1. The largest absolute Gasteiger partial charge is 0.435 e. The van der Waals surface area contributed by atoms with Crippen molar-refractivity contribution in [1.82, 2.24) is 15.2 Å². The zero-order valence-electron chi connectivity index (χ0n) is 29.0. The molecule has 4 aromatic carbocycles. The summed E-state index contributed by atoms with van der Waals surface area (Å²) in [5.41, 5.74) is 4.38. The van der Waals surface area contributed by atoms with Gasteiger partial charge in [0.2, 0.25) is 0 Å². The quantitative estimate of drug-likeness (QED) is 0.173. The highest BCUT2D eigenvalue weighted by atomic mass is 32.2. The molecule has 2 aromatic heterocycles. The molecule has 1 aliphatic rings. The maximum atomic E-state index is 13.5. The number of aryl methyl sites for hydroxylation is 2. The molecule has 0 unspecified atom stereocenters. The molecular weight excluding hydrogens is 750 g/mol. The minimum atomic E-state index is -4.81. The molecule has 0 aliphatic heterocycles. The minimum absolute atomic E-state index is 0.00701. The Morgan fingerprint density at radius 3 is 1.70 bits per heavy atom. The lowest BCUT2D eigenvalue weighted by molar-refractivity contribution is -0.139. The maximum absolute atomic E-state index is 13.5. The fraction of sp³-hybridized carbons (Fsp3) is 0.243. The Bertz CT molecular complexity index is 2850. The van der Waals surface area contributed by atoms with Gasteiger partial charge in [-0.15, -0.1) is 0 Å². The van der Waals surface area contributed by atoms with Gasteiger partial charge in [0.1, 0.15) is 0 Å². The molecule has 53 heavy (non-hydrogen) atoms. The summed E-state index contributed by atoms with van der Waals surface area (Å²) in [4.78, 5) is 3.35. The number of H-pyrrole nitrogens is 2.